The summed E-state index contributed by atoms with van der Waals surface area (Å²) in [4.78, 5) is 15.1. The molecule has 2 N–H and O–H groups in total. The van der Waals surface area contributed by atoms with E-state index in [1.807, 2.05) is 0 Å². The van der Waals surface area contributed by atoms with Crippen molar-refractivity contribution in [3.63, 3.8) is 0 Å². The summed E-state index contributed by atoms with van der Waals surface area (Å²) in [6.07, 6.45) is 2.87. The van der Waals surface area contributed by atoms with Gasteiger partial charge in [0.2, 0.25) is 0 Å². The number of nitrogens with two attached hydrogens (primary N) is 1. The second kappa shape index (κ2) is 4.06. The van der Waals surface area contributed by atoms with Crippen LogP contribution in [-0.4, -0.2) is 16.7 Å². The van der Waals surface area contributed by atoms with Crippen molar-refractivity contribution in [2.24, 2.45) is 0 Å². The first-order valence-electron chi connectivity index (χ1n) is 4.69. The number of hydrogen-bond donors (Lipinski definition) is 1. The van der Waals surface area contributed by atoms with E-state index >= 15 is 0 Å². The molecule has 1 aromatic heterocycles. The third-order valence-electron chi connectivity index (χ3n) is 2.16. The summed E-state index contributed by atoms with van der Waals surface area (Å²) >= 11 is 0. The van der Waals surface area contributed by atoms with Crippen LogP contribution in [0.1, 0.15) is 0 Å². The van der Waals surface area contributed by atoms with Crippen molar-refractivity contribution in [2.75, 3.05) is 12.8 Å². The number of hydrogen-bond acceptors (Lipinski definition) is 4. The van der Waals surface area contributed by atoms with Crippen molar-refractivity contribution in [3.05, 3.63) is 47.1 Å². The molecule has 0 saturated carbocycles. The zero-order chi connectivity index (χ0) is 11.5. The maximum absolute atomic E-state index is 11.5. The van der Waals surface area contributed by atoms with Crippen LogP contribution >= 0.6 is 0 Å². The molecule has 0 aliphatic carbocycles. The molecule has 2 aromatic rings. The normalized spacial score (nSPS) is 10.1. The number of anilines is 1. The maximum Gasteiger partial charge on any atom is 0.352 e. The van der Waals surface area contributed by atoms with E-state index in [2.05, 4.69) is 4.98 Å². The highest BCUT2D eigenvalue weighted by Crippen LogP contribution is 2.13. The van der Waals surface area contributed by atoms with Crippen molar-refractivity contribution in [3.8, 4) is 11.4 Å². The maximum atomic E-state index is 11.5. The number of methoxy groups -OCH3 is 1. The second-order valence-electron chi connectivity index (χ2n) is 3.24. The van der Waals surface area contributed by atoms with E-state index in [0.717, 1.165) is 5.75 Å². The molecule has 0 bridgehead atoms. The van der Waals surface area contributed by atoms with Crippen LogP contribution in [0.15, 0.2) is 41.5 Å². The van der Waals surface area contributed by atoms with Gasteiger partial charge in [-0.3, -0.25) is 4.57 Å². The number of ether oxygens (including phenoxy) is 1. The molecule has 0 saturated heterocycles. The zero-order valence-corrected chi connectivity index (χ0v) is 8.75. The quantitative estimate of drug-likeness (QED) is 0.808. The molecule has 82 valence electrons. The van der Waals surface area contributed by atoms with E-state index < -0.39 is 0 Å². The van der Waals surface area contributed by atoms with Crippen LogP contribution in [0, 0.1) is 0 Å². The van der Waals surface area contributed by atoms with Gasteiger partial charge in [-0.05, 0) is 24.3 Å². The van der Waals surface area contributed by atoms with Crippen LogP contribution in [-0.2, 0) is 0 Å². The standard InChI is InChI=1S/C11H11N3O2/c1-16-10-4-2-9(3-5-10)14-7-8(12)6-13-11(14)15/h2-7H,12H2,1H3. The van der Waals surface area contributed by atoms with Gasteiger partial charge in [-0.1, -0.05) is 0 Å². The minimum atomic E-state index is -0.362. The lowest BCUT2D eigenvalue weighted by Gasteiger charge is -2.06. The van der Waals surface area contributed by atoms with Gasteiger partial charge < -0.3 is 10.5 Å². The topological polar surface area (TPSA) is 70.1 Å². The molecule has 0 spiro atoms. The molecule has 1 heterocycles. The average molecular weight is 217 g/mol. The molecule has 2 rings (SSSR count). The first-order chi connectivity index (χ1) is 7.70. The van der Waals surface area contributed by atoms with E-state index in [0.29, 0.717) is 11.4 Å². The van der Waals surface area contributed by atoms with Gasteiger partial charge in [-0.25, -0.2) is 4.79 Å². The van der Waals surface area contributed by atoms with Crippen molar-refractivity contribution in [1.29, 1.82) is 0 Å². The Balaban J connectivity index is 2.50. The van der Waals surface area contributed by atoms with Crippen molar-refractivity contribution in [1.82, 2.24) is 9.55 Å². The van der Waals surface area contributed by atoms with Gasteiger partial charge in [0.1, 0.15) is 5.75 Å². The molecule has 0 atom stereocenters. The van der Waals surface area contributed by atoms with E-state index in [4.69, 9.17) is 10.5 Å². The van der Waals surface area contributed by atoms with Gasteiger partial charge in [0.25, 0.3) is 0 Å². The molecule has 0 radical (unpaired) electrons. The van der Waals surface area contributed by atoms with Crippen LogP contribution in [0.3, 0.4) is 0 Å². The molecule has 0 fully saturated rings. The van der Waals surface area contributed by atoms with Gasteiger partial charge in [0.15, 0.2) is 0 Å². The molecule has 0 aliphatic heterocycles. The molecule has 16 heavy (non-hydrogen) atoms. The van der Waals surface area contributed by atoms with E-state index in [-0.39, 0.29) is 5.69 Å². The highest BCUT2D eigenvalue weighted by Gasteiger charge is 2.01. The summed E-state index contributed by atoms with van der Waals surface area (Å²) in [6.45, 7) is 0. The summed E-state index contributed by atoms with van der Waals surface area (Å²) in [5, 5.41) is 0. The fourth-order valence-electron chi connectivity index (χ4n) is 1.36. The fraction of sp³-hybridized carbons (Fsp3) is 0.0909. The Morgan fingerprint density at radius 3 is 2.62 bits per heavy atom. The third kappa shape index (κ3) is 1.88. The minimum Gasteiger partial charge on any atom is -0.497 e. The SMILES string of the molecule is COc1ccc(-n2cc(N)cnc2=O)cc1. The number of benzene rings is 1. The predicted octanol–water partition coefficient (Wildman–Crippen LogP) is 0.823. The lowest BCUT2D eigenvalue weighted by molar-refractivity contribution is 0.414. The Bertz CT molecular complexity index is 546. The van der Waals surface area contributed by atoms with Crippen molar-refractivity contribution in [2.45, 2.75) is 0 Å². The monoisotopic (exact) mass is 217 g/mol. The third-order valence-corrected chi connectivity index (χ3v) is 2.16. The summed E-state index contributed by atoms with van der Waals surface area (Å²) in [7, 11) is 1.59. The Kier molecular flexibility index (Phi) is 2.59. The Morgan fingerprint density at radius 1 is 1.31 bits per heavy atom. The van der Waals surface area contributed by atoms with E-state index in [1.165, 1.54) is 17.0 Å². The number of rotatable bonds is 2. The fourth-order valence-corrected chi connectivity index (χ4v) is 1.36. The van der Waals surface area contributed by atoms with Gasteiger partial charge in [-0.15, -0.1) is 0 Å². The largest absolute Gasteiger partial charge is 0.497 e. The highest BCUT2D eigenvalue weighted by molar-refractivity contribution is 5.40. The molecular weight excluding hydrogens is 206 g/mol. The molecule has 1 aromatic carbocycles. The molecule has 0 amide bonds. The van der Waals surface area contributed by atoms with Gasteiger partial charge in [0.05, 0.1) is 24.7 Å². The van der Waals surface area contributed by atoms with E-state index in [1.54, 1.807) is 31.4 Å². The first-order valence-corrected chi connectivity index (χ1v) is 4.69. The molecule has 5 heteroatoms. The molecule has 0 aliphatic rings. The molecule has 5 nitrogen and oxygen atoms in total. The van der Waals surface area contributed by atoms with Crippen LogP contribution < -0.4 is 16.2 Å². The molecular formula is C11H11N3O2. The predicted molar refractivity (Wildman–Crippen MR) is 60.8 cm³/mol. The van der Waals surface area contributed by atoms with Gasteiger partial charge in [-0.2, -0.15) is 4.98 Å². The molecule has 0 unspecified atom stereocenters. The van der Waals surface area contributed by atoms with Gasteiger partial charge >= 0.3 is 5.69 Å². The summed E-state index contributed by atoms with van der Waals surface area (Å²) in [6, 6.07) is 7.07. The van der Waals surface area contributed by atoms with Crippen LogP contribution in [0.25, 0.3) is 5.69 Å². The van der Waals surface area contributed by atoms with Crippen LogP contribution in [0.4, 0.5) is 5.69 Å². The van der Waals surface area contributed by atoms with Crippen molar-refractivity contribution < 1.29 is 4.74 Å². The Labute approximate surface area is 92.1 Å². The number of nitrogens with zero attached hydrogens (tertiary/aromatic N) is 2. The van der Waals surface area contributed by atoms with E-state index in [9.17, 15) is 4.79 Å². The Morgan fingerprint density at radius 2 is 2.00 bits per heavy atom. The lowest BCUT2D eigenvalue weighted by Crippen LogP contribution is -2.20. The summed E-state index contributed by atoms with van der Waals surface area (Å²) < 4.78 is 6.42. The lowest BCUT2D eigenvalue weighted by atomic mass is 10.3. The van der Waals surface area contributed by atoms with Crippen LogP contribution in [0.5, 0.6) is 5.75 Å². The Hall–Kier alpha value is -2.30. The smallest absolute Gasteiger partial charge is 0.352 e. The number of nitrogen functional groups attached to an aromatic ring is 1. The average Bonchev–Trinajstić information content (AvgIpc) is 2.32. The van der Waals surface area contributed by atoms with Gasteiger partial charge in [0, 0.05) is 6.20 Å². The number of aromatic nitrogens is 2. The van der Waals surface area contributed by atoms with Crippen LogP contribution in [0.2, 0.25) is 0 Å². The highest BCUT2D eigenvalue weighted by atomic mass is 16.5. The zero-order valence-electron chi connectivity index (χ0n) is 8.75. The summed E-state index contributed by atoms with van der Waals surface area (Å²) in [5.41, 5.74) is 6.35. The second-order valence-corrected chi connectivity index (χ2v) is 3.24. The van der Waals surface area contributed by atoms with Crippen molar-refractivity contribution >= 4 is 5.69 Å². The first kappa shape index (κ1) is 10.2. The summed E-state index contributed by atoms with van der Waals surface area (Å²) in [5.74, 6) is 0.730. The minimum absolute atomic E-state index is 0.362.